The van der Waals surface area contributed by atoms with Crippen molar-refractivity contribution in [2.75, 3.05) is 12.4 Å². The molecule has 3 aromatic rings. The quantitative estimate of drug-likeness (QED) is 0.442. The summed E-state index contributed by atoms with van der Waals surface area (Å²) in [5.41, 5.74) is 6.67. The van der Waals surface area contributed by atoms with Gasteiger partial charge >= 0.3 is 0 Å². The van der Waals surface area contributed by atoms with Gasteiger partial charge in [-0.3, -0.25) is 14.8 Å². The van der Waals surface area contributed by atoms with Crippen molar-refractivity contribution >= 4 is 17.6 Å². The van der Waals surface area contributed by atoms with Crippen molar-refractivity contribution in [1.29, 1.82) is 0 Å². The van der Waals surface area contributed by atoms with E-state index in [4.69, 9.17) is 9.73 Å². The zero-order valence-electron chi connectivity index (χ0n) is 19.6. The maximum atomic E-state index is 12.9. The summed E-state index contributed by atoms with van der Waals surface area (Å²) in [6.45, 7) is 11.3. The summed E-state index contributed by atoms with van der Waals surface area (Å²) in [6.07, 6.45) is 0. The van der Waals surface area contributed by atoms with Gasteiger partial charge in [0.25, 0.3) is 5.91 Å². The highest BCUT2D eigenvalue weighted by Gasteiger charge is 2.13. The Kier molecular flexibility index (Phi) is 7.30. The number of aromatic nitrogens is 2. The molecule has 1 amide bonds. The van der Waals surface area contributed by atoms with Crippen LogP contribution in [-0.4, -0.2) is 28.8 Å². The molecular weight excluding hydrogens is 402 g/mol. The van der Waals surface area contributed by atoms with Crippen LogP contribution < -0.4 is 15.4 Å². The smallest absolute Gasteiger partial charge is 0.257 e. The number of guanidine groups is 1. The van der Waals surface area contributed by atoms with Gasteiger partial charge in [-0.2, -0.15) is 5.10 Å². The molecule has 0 fully saturated rings. The number of nitrogens with one attached hydrogen (secondary N) is 2. The molecule has 0 radical (unpaired) electrons. The van der Waals surface area contributed by atoms with Gasteiger partial charge in [0.2, 0.25) is 5.96 Å². The number of hydrogen-bond acceptors (Lipinski definition) is 4. The Morgan fingerprint density at radius 2 is 1.78 bits per heavy atom. The van der Waals surface area contributed by atoms with Gasteiger partial charge in [0, 0.05) is 29.1 Å². The maximum Gasteiger partial charge on any atom is 0.257 e. The molecule has 168 valence electrons. The highest BCUT2D eigenvalue weighted by atomic mass is 16.5. The number of aliphatic imine (C=N–C) groups is 1. The minimum absolute atomic E-state index is 0.217. The molecule has 0 aliphatic rings. The average molecular weight is 434 g/mol. The van der Waals surface area contributed by atoms with Crippen molar-refractivity contribution < 1.29 is 9.53 Å². The minimum Gasteiger partial charge on any atom is -0.497 e. The van der Waals surface area contributed by atoms with Gasteiger partial charge < -0.3 is 10.1 Å². The van der Waals surface area contributed by atoms with Crippen LogP contribution in [0.25, 0.3) is 0 Å². The number of methoxy groups -OCH3 is 1. The lowest BCUT2D eigenvalue weighted by Gasteiger charge is -2.13. The van der Waals surface area contributed by atoms with E-state index in [1.807, 2.05) is 74.8 Å². The fourth-order valence-corrected chi connectivity index (χ4v) is 3.41. The first kappa shape index (κ1) is 23.1. The summed E-state index contributed by atoms with van der Waals surface area (Å²) >= 11 is 0. The van der Waals surface area contributed by atoms with Crippen LogP contribution in [0.2, 0.25) is 0 Å². The molecule has 0 bridgehead atoms. The Morgan fingerprint density at radius 1 is 1.06 bits per heavy atom. The SMILES string of the molecule is CCn1nc(C)c(CN=C(NC(=O)c2ccc(C)c(C)c2)Nc2ccc(OC)cc2)c1C. The third-order valence-corrected chi connectivity index (χ3v) is 5.58. The second-order valence-electron chi connectivity index (χ2n) is 7.74. The largest absolute Gasteiger partial charge is 0.497 e. The molecule has 0 aliphatic heterocycles. The fraction of sp³-hybridized carbons (Fsp3) is 0.320. The Hall–Kier alpha value is -3.61. The molecule has 3 rings (SSSR count). The molecule has 32 heavy (non-hydrogen) atoms. The second-order valence-corrected chi connectivity index (χ2v) is 7.74. The van der Waals surface area contributed by atoms with Crippen LogP contribution in [0.15, 0.2) is 47.5 Å². The summed E-state index contributed by atoms with van der Waals surface area (Å²) in [5, 5.41) is 10.7. The zero-order valence-corrected chi connectivity index (χ0v) is 19.6. The number of aryl methyl sites for hydroxylation is 4. The van der Waals surface area contributed by atoms with Crippen LogP contribution >= 0.6 is 0 Å². The van der Waals surface area contributed by atoms with Crippen LogP contribution in [0.4, 0.5) is 5.69 Å². The number of rotatable bonds is 6. The third-order valence-electron chi connectivity index (χ3n) is 5.58. The zero-order chi connectivity index (χ0) is 23.3. The van der Waals surface area contributed by atoms with E-state index in [0.717, 1.165) is 46.1 Å². The van der Waals surface area contributed by atoms with E-state index in [1.165, 1.54) is 0 Å². The molecule has 2 N–H and O–H groups in total. The average Bonchev–Trinajstić information content (AvgIpc) is 3.06. The van der Waals surface area contributed by atoms with Crippen LogP contribution in [0.1, 0.15) is 45.4 Å². The molecule has 7 nitrogen and oxygen atoms in total. The van der Waals surface area contributed by atoms with E-state index in [-0.39, 0.29) is 5.91 Å². The third kappa shape index (κ3) is 5.35. The van der Waals surface area contributed by atoms with E-state index < -0.39 is 0 Å². The van der Waals surface area contributed by atoms with E-state index in [0.29, 0.717) is 18.1 Å². The fourth-order valence-electron chi connectivity index (χ4n) is 3.41. The number of amides is 1. The number of carbonyl (C=O) groups is 1. The van der Waals surface area contributed by atoms with Gasteiger partial charge in [0.1, 0.15) is 5.75 Å². The van der Waals surface area contributed by atoms with Crippen LogP contribution in [0.5, 0.6) is 5.75 Å². The van der Waals surface area contributed by atoms with Crippen molar-refractivity contribution in [2.24, 2.45) is 4.99 Å². The van der Waals surface area contributed by atoms with E-state index in [2.05, 4.69) is 22.7 Å². The lowest BCUT2D eigenvalue weighted by molar-refractivity contribution is 0.0977. The standard InChI is InChI=1S/C25H31N5O2/c1-7-30-19(5)23(18(4)29-30)15-26-25(27-21-10-12-22(32-6)13-11-21)28-24(31)20-9-8-16(2)17(3)14-20/h8-14H,7,15H2,1-6H3,(H2,26,27,28,31). The predicted octanol–water partition coefficient (Wildman–Crippen LogP) is 4.54. The maximum absolute atomic E-state index is 12.9. The Balaban J connectivity index is 1.87. The van der Waals surface area contributed by atoms with Gasteiger partial charge in [0.05, 0.1) is 19.3 Å². The Morgan fingerprint density at radius 3 is 2.38 bits per heavy atom. The first-order valence-electron chi connectivity index (χ1n) is 10.7. The van der Waals surface area contributed by atoms with E-state index in [1.54, 1.807) is 7.11 Å². The van der Waals surface area contributed by atoms with Crippen LogP contribution in [0, 0.1) is 27.7 Å². The number of carbonyl (C=O) groups excluding carboxylic acids is 1. The topological polar surface area (TPSA) is 80.5 Å². The molecule has 0 saturated heterocycles. The number of ether oxygens (including phenoxy) is 1. The normalized spacial score (nSPS) is 11.4. The number of nitrogens with zero attached hydrogens (tertiary/aromatic N) is 3. The van der Waals surface area contributed by atoms with Gasteiger partial charge in [-0.1, -0.05) is 6.07 Å². The van der Waals surface area contributed by atoms with Gasteiger partial charge in [-0.25, -0.2) is 4.99 Å². The highest BCUT2D eigenvalue weighted by molar-refractivity contribution is 6.10. The molecule has 0 saturated carbocycles. The monoisotopic (exact) mass is 433 g/mol. The van der Waals surface area contributed by atoms with Crippen LogP contribution in [-0.2, 0) is 13.1 Å². The predicted molar refractivity (Wildman–Crippen MR) is 129 cm³/mol. The molecule has 1 heterocycles. The van der Waals surface area contributed by atoms with Crippen molar-refractivity contribution in [3.8, 4) is 5.75 Å². The summed E-state index contributed by atoms with van der Waals surface area (Å²) in [5.74, 6) is 0.915. The van der Waals surface area contributed by atoms with E-state index in [9.17, 15) is 4.79 Å². The van der Waals surface area contributed by atoms with Crippen molar-refractivity contribution in [2.45, 2.75) is 47.7 Å². The summed E-state index contributed by atoms with van der Waals surface area (Å²) in [6, 6.07) is 13.1. The molecular formula is C25H31N5O2. The summed E-state index contributed by atoms with van der Waals surface area (Å²) < 4.78 is 7.19. The van der Waals surface area contributed by atoms with Crippen molar-refractivity contribution in [3.05, 3.63) is 76.1 Å². The molecule has 0 spiro atoms. The van der Waals surface area contributed by atoms with E-state index >= 15 is 0 Å². The highest BCUT2D eigenvalue weighted by Crippen LogP contribution is 2.17. The first-order chi connectivity index (χ1) is 15.3. The summed E-state index contributed by atoms with van der Waals surface area (Å²) in [7, 11) is 1.63. The summed E-state index contributed by atoms with van der Waals surface area (Å²) in [4.78, 5) is 17.6. The number of hydrogen-bond donors (Lipinski definition) is 2. The van der Waals surface area contributed by atoms with Gasteiger partial charge in [-0.15, -0.1) is 0 Å². The minimum atomic E-state index is -0.217. The van der Waals surface area contributed by atoms with Crippen LogP contribution in [0.3, 0.4) is 0 Å². The molecule has 0 unspecified atom stereocenters. The molecule has 1 aromatic heterocycles. The molecule has 7 heteroatoms. The second kappa shape index (κ2) is 10.1. The van der Waals surface area contributed by atoms with Crippen molar-refractivity contribution in [1.82, 2.24) is 15.1 Å². The number of anilines is 1. The molecule has 0 atom stereocenters. The lowest BCUT2D eigenvalue weighted by atomic mass is 10.1. The lowest BCUT2D eigenvalue weighted by Crippen LogP contribution is -2.36. The van der Waals surface area contributed by atoms with Crippen molar-refractivity contribution in [3.63, 3.8) is 0 Å². The number of benzene rings is 2. The first-order valence-corrected chi connectivity index (χ1v) is 10.7. The van der Waals surface area contributed by atoms with Gasteiger partial charge in [-0.05, 0) is 82.1 Å². The Bertz CT molecular complexity index is 1130. The Labute approximate surface area is 189 Å². The van der Waals surface area contributed by atoms with Gasteiger partial charge in [0.15, 0.2) is 0 Å². The molecule has 2 aromatic carbocycles. The molecule has 0 aliphatic carbocycles.